The van der Waals surface area contributed by atoms with Crippen molar-refractivity contribution in [3.8, 4) is 0 Å². The maximum atomic E-state index is 11.9. The molecule has 1 aliphatic carbocycles. The van der Waals surface area contributed by atoms with E-state index in [0.29, 0.717) is 29.4 Å². The first-order valence-corrected chi connectivity index (χ1v) is 8.82. The predicted molar refractivity (Wildman–Crippen MR) is 82.4 cm³/mol. The van der Waals surface area contributed by atoms with Gasteiger partial charge in [0, 0.05) is 18.3 Å². The molecule has 2 N–H and O–H groups in total. The molecular weight excluding hydrogens is 314 g/mol. The van der Waals surface area contributed by atoms with E-state index in [4.69, 9.17) is 11.6 Å². The Labute approximate surface area is 128 Å². The van der Waals surface area contributed by atoms with E-state index in [1.165, 1.54) is 4.31 Å². The number of nitrogens with zero attached hydrogens (tertiary/aromatic N) is 1. The van der Waals surface area contributed by atoms with E-state index in [1.54, 1.807) is 18.2 Å². The number of halogens is 1. The fourth-order valence-electron chi connectivity index (χ4n) is 2.28. The van der Waals surface area contributed by atoms with E-state index in [0.717, 1.165) is 12.8 Å². The van der Waals surface area contributed by atoms with Crippen LogP contribution < -0.4 is 14.9 Å². The Morgan fingerprint density at radius 1 is 1.33 bits per heavy atom. The molecule has 0 atom stereocenters. The number of sulfonamides is 1. The van der Waals surface area contributed by atoms with E-state index in [9.17, 15) is 13.2 Å². The molecule has 3 rings (SSSR count). The number of nitrogens with one attached hydrogen (secondary N) is 2. The van der Waals surface area contributed by atoms with Gasteiger partial charge in [-0.05, 0) is 37.5 Å². The van der Waals surface area contributed by atoms with Crippen molar-refractivity contribution >= 4 is 39.0 Å². The summed E-state index contributed by atoms with van der Waals surface area (Å²) in [4.78, 5) is 11.6. The molecule has 0 bridgehead atoms. The van der Waals surface area contributed by atoms with Crippen molar-refractivity contribution in [1.29, 1.82) is 0 Å². The summed E-state index contributed by atoms with van der Waals surface area (Å²) in [5, 5.41) is 5.81. The number of benzene rings is 1. The van der Waals surface area contributed by atoms with Gasteiger partial charge in [-0.2, -0.15) is 0 Å². The second kappa shape index (κ2) is 5.38. The molecule has 6 nitrogen and oxygen atoms in total. The minimum Gasteiger partial charge on any atom is -0.335 e. The monoisotopic (exact) mass is 329 g/mol. The molecule has 0 radical (unpaired) electrons. The lowest BCUT2D eigenvalue weighted by Crippen LogP contribution is -2.30. The number of hydrogen-bond donors (Lipinski definition) is 2. The Balaban J connectivity index is 1.74. The third kappa shape index (κ3) is 3.24. The molecule has 1 saturated carbocycles. The van der Waals surface area contributed by atoms with Crippen LogP contribution >= 0.6 is 11.6 Å². The van der Waals surface area contributed by atoms with E-state index < -0.39 is 10.0 Å². The van der Waals surface area contributed by atoms with Gasteiger partial charge < -0.3 is 10.6 Å². The van der Waals surface area contributed by atoms with Gasteiger partial charge in [-0.25, -0.2) is 13.2 Å². The normalized spacial score (nSPS) is 20.3. The Morgan fingerprint density at radius 3 is 2.67 bits per heavy atom. The quantitative estimate of drug-likeness (QED) is 0.892. The van der Waals surface area contributed by atoms with E-state index >= 15 is 0 Å². The van der Waals surface area contributed by atoms with Crippen LogP contribution in [0.3, 0.4) is 0 Å². The Morgan fingerprint density at radius 2 is 2.10 bits per heavy atom. The third-order valence-electron chi connectivity index (χ3n) is 3.49. The van der Waals surface area contributed by atoms with Gasteiger partial charge in [-0.3, -0.25) is 4.31 Å². The summed E-state index contributed by atoms with van der Waals surface area (Å²) in [7, 11) is -3.26. The summed E-state index contributed by atoms with van der Waals surface area (Å²) in [5.74, 6) is 0.146. The van der Waals surface area contributed by atoms with Gasteiger partial charge in [0.05, 0.1) is 16.5 Å². The Hall–Kier alpha value is -1.47. The molecule has 2 aliphatic rings. The maximum Gasteiger partial charge on any atom is 0.319 e. The number of urea groups is 1. The molecule has 21 heavy (non-hydrogen) atoms. The summed E-state index contributed by atoms with van der Waals surface area (Å²) in [6, 6.07) is 4.85. The lowest BCUT2D eigenvalue weighted by atomic mass is 10.2. The van der Waals surface area contributed by atoms with E-state index in [2.05, 4.69) is 10.6 Å². The van der Waals surface area contributed by atoms with Crippen LogP contribution in [0.1, 0.15) is 19.3 Å². The highest BCUT2D eigenvalue weighted by molar-refractivity contribution is 7.93. The molecule has 0 unspecified atom stereocenters. The molecule has 8 heteroatoms. The van der Waals surface area contributed by atoms with Crippen LogP contribution in [0.15, 0.2) is 18.2 Å². The number of carbonyl (C=O) groups is 1. The van der Waals surface area contributed by atoms with Crippen molar-refractivity contribution in [3.05, 3.63) is 23.2 Å². The number of hydrogen-bond acceptors (Lipinski definition) is 3. The predicted octanol–water partition coefficient (Wildman–Crippen LogP) is 2.16. The van der Waals surface area contributed by atoms with Crippen molar-refractivity contribution in [2.24, 2.45) is 0 Å². The first kappa shape index (κ1) is 14.5. The van der Waals surface area contributed by atoms with Crippen molar-refractivity contribution in [3.63, 3.8) is 0 Å². The second-order valence-electron chi connectivity index (χ2n) is 5.28. The molecule has 1 aliphatic heterocycles. The van der Waals surface area contributed by atoms with Crippen LogP contribution in [0.2, 0.25) is 5.02 Å². The molecule has 1 aromatic carbocycles. The summed E-state index contributed by atoms with van der Waals surface area (Å²) in [5.41, 5.74) is 1.00. The summed E-state index contributed by atoms with van der Waals surface area (Å²) in [6.07, 6.45) is 2.63. The van der Waals surface area contributed by atoms with E-state index in [-0.39, 0.29) is 17.8 Å². The van der Waals surface area contributed by atoms with Crippen LogP contribution in [-0.4, -0.2) is 32.8 Å². The van der Waals surface area contributed by atoms with Crippen molar-refractivity contribution in [2.45, 2.75) is 25.3 Å². The lowest BCUT2D eigenvalue weighted by molar-refractivity contribution is 0.251. The molecule has 2 fully saturated rings. The van der Waals surface area contributed by atoms with Gasteiger partial charge in [0.25, 0.3) is 0 Å². The zero-order valence-electron chi connectivity index (χ0n) is 11.3. The maximum absolute atomic E-state index is 11.9. The zero-order valence-corrected chi connectivity index (χ0v) is 12.9. The molecule has 0 spiro atoms. The summed E-state index contributed by atoms with van der Waals surface area (Å²) in [6.45, 7) is 0.441. The number of rotatable bonds is 3. The molecule has 1 heterocycles. The zero-order chi connectivity index (χ0) is 15.0. The van der Waals surface area contributed by atoms with Gasteiger partial charge in [-0.15, -0.1) is 0 Å². The number of amides is 2. The highest BCUT2D eigenvalue weighted by atomic mass is 35.5. The molecule has 114 valence electrons. The first-order valence-electron chi connectivity index (χ1n) is 6.83. The number of carbonyl (C=O) groups excluding carboxylic acids is 1. The van der Waals surface area contributed by atoms with Crippen LogP contribution in [0.5, 0.6) is 0 Å². The van der Waals surface area contributed by atoms with Gasteiger partial charge in [0.2, 0.25) is 10.0 Å². The molecule has 2 amide bonds. The topological polar surface area (TPSA) is 78.5 Å². The van der Waals surface area contributed by atoms with Crippen LogP contribution in [0, 0.1) is 0 Å². The highest BCUT2D eigenvalue weighted by Gasteiger charge is 2.30. The van der Waals surface area contributed by atoms with Crippen molar-refractivity contribution in [1.82, 2.24) is 5.32 Å². The third-order valence-corrected chi connectivity index (χ3v) is 5.64. The van der Waals surface area contributed by atoms with E-state index in [1.807, 2.05) is 0 Å². The Kier molecular flexibility index (Phi) is 3.71. The van der Waals surface area contributed by atoms with Crippen LogP contribution in [0.25, 0.3) is 0 Å². The minimum atomic E-state index is -3.26. The number of anilines is 2. The minimum absolute atomic E-state index is 0.146. The molecular formula is C13H16ClN3O3S. The summed E-state index contributed by atoms with van der Waals surface area (Å²) >= 11 is 6.16. The molecule has 1 saturated heterocycles. The average molecular weight is 330 g/mol. The van der Waals surface area contributed by atoms with Crippen LogP contribution in [0.4, 0.5) is 16.2 Å². The van der Waals surface area contributed by atoms with Crippen molar-refractivity contribution in [2.75, 3.05) is 21.9 Å². The molecule has 0 aromatic heterocycles. The fraction of sp³-hybridized carbons (Fsp3) is 0.462. The lowest BCUT2D eigenvalue weighted by Gasteiger charge is -2.19. The van der Waals surface area contributed by atoms with Gasteiger partial charge in [0.1, 0.15) is 0 Å². The van der Waals surface area contributed by atoms with Gasteiger partial charge >= 0.3 is 6.03 Å². The highest BCUT2D eigenvalue weighted by Crippen LogP contribution is 2.33. The van der Waals surface area contributed by atoms with Crippen molar-refractivity contribution < 1.29 is 13.2 Å². The van der Waals surface area contributed by atoms with Gasteiger partial charge in [0.15, 0.2) is 0 Å². The fourth-order valence-corrected chi connectivity index (χ4v) is 4.19. The average Bonchev–Trinajstić information content (AvgIpc) is 3.12. The SMILES string of the molecule is O=C(Nc1ccc(N2CCCS2(=O)=O)c(Cl)c1)NC1CC1. The first-order chi connectivity index (χ1) is 9.95. The van der Waals surface area contributed by atoms with Gasteiger partial charge in [-0.1, -0.05) is 11.6 Å². The second-order valence-corrected chi connectivity index (χ2v) is 7.70. The largest absolute Gasteiger partial charge is 0.335 e. The molecule has 1 aromatic rings. The summed E-state index contributed by atoms with van der Waals surface area (Å²) < 4.78 is 25.1. The Bertz CT molecular complexity index is 673. The smallest absolute Gasteiger partial charge is 0.319 e. The standard InChI is InChI=1S/C13H16ClN3O3S/c14-11-8-10(16-13(18)15-9-2-3-9)4-5-12(11)17-6-1-7-21(17,19)20/h4-5,8-9H,1-3,6-7H2,(H2,15,16,18). The van der Waals surface area contributed by atoms with Crippen LogP contribution in [-0.2, 0) is 10.0 Å².